The Morgan fingerprint density at radius 3 is 2.61 bits per heavy atom. The fraction of sp³-hybridized carbons (Fsp3) is 0.682. The van der Waals surface area contributed by atoms with Gasteiger partial charge in [0.15, 0.2) is 5.96 Å². The largest absolute Gasteiger partial charge is 0.494 e. The van der Waals surface area contributed by atoms with E-state index in [4.69, 9.17) is 9.73 Å². The lowest BCUT2D eigenvalue weighted by Gasteiger charge is -2.35. The van der Waals surface area contributed by atoms with Gasteiger partial charge in [-0.3, -0.25) is 4.99 Å². The van der Waals surface area contributed by atoms with Crippen LogP contribution < -0.4 is 10.1 Å². The highest BCUT2D eigenvalue weighted by Gasteiger charge is 2.21. The molecular formula is C22H39IN4O. The van der Waals surface area contributed by atoms with E-state index in [2.05, 4.69) is 55.1 Å². The molecule has 1 aliphatic rings. The number of ether oxygens (including phenoxy) is 1. The van der Waals surface area contributed by atoms with E-state index in [0.717, 1.165) is 31.3 Å². The molecule has 1 aromatic carbocycles. The van der Waals surface area contributed by atoms with Crippen LogP contribution in [-0.4, -0.2) is 61.6 Å². The van der Waals surface area contributed by atoms with Gasteiger partial charge in [0.1, 0.15) is 5.75 Å². The lowest BCUT2D eigenvalue weighted by Crippen LogP contribution is -2.42. The van der Waals surface area contributed by atoms with E-state index in [-0.39, 0.29) is 24.0 Å². The van der Waals surface area contributed by atoms with E-state index in [1.54, 1.807) is 0 Å². The summed E-state index contributed by atoms with van der Waals surface area (Å²) in [6, 6.07) is 8.98. The van der Waals surface area contributed by atoms with Crippen molar-refractivity contribution in [1.29, 1.82) is 0 Å². The van der Waals surface area contributed by atoms with Crippen molar-refractivity contribution in [2.24, 2.45) is 10.9 Å². The molecule has 0 spiro atoms. The summed E-state index contributed by atoms with van der Waals surface area (Å²) in [5, 5.41) is 3.45. The SMILES string of the molecule is CCNC(=NCC1CCCN(C(C)C)C1)N(C)Cc1ccc(OCC)cc1.I. The maximum atomic E-state index is 5.53. The van der Waals surface area contributed by atoms with Gasteiger partial charge in [-0.1, -0.05) is 12.1 Å². The molecule has 2 rings (SSSR count). The number of nitrogens with zero attached hydrogens (tertiary/aromatic N) is 3. The third-order valence-corrected chi connectivity index (χ3v) is 5.13. The van der Waals surface area contributed by atoms with Crippen molar-refractivity contribution in [2.75, 3.05) is 39.8 Å². The summed E-state index contributed by atoms with van der Waals surface area (Å²) in [5.41, 5.74) is 1.26. The van der Waals surface area contributed by atoms with E-state index in [9.17, 15) is 0 Å². The first kappa shape index (κ1) is 25.0. The summed E-state index contributed by atoms with van der Waals surface area (Å²) < 4.78 is 5.53. The van der Waals surface area contributed by atoms with Crippen LogP contribution in [-0.2, 0) is 6.54 Å². The molecule has 1 saturated heterocycles. The highest BCUT2D eigenvalue weighted by molar-refractivity contribution is 14.0. The van der Waals surface area contributed by atoms with Crippen LogP contribution in [0.4, 0.5) is 0 Å². The number of hydrogen-bond donors (Lipinski definition) is 1. The highest BCUT2D eigenvalue weighted by atomic mass is 127. The van der Waals surface area contributed by atoms with E-state index < -0.39 is 0 Å². The predicted octanol–water partition coefficient (Wildman–Crippen LogP) is 4.22. The smallest absolute Gasteiger partial charge is 0.193 e. The molecule has 1 atom stereocenters. The Kier molecular flexibility index (Phi) is 11.8. The molecule has 0 radical (unpaired) electrons. The van der Waals surface area contributed by atoms with Gasteiger partial charge in [0.05, 0.1) is 6.61 Å². The average molecular weight is 502 g/mol. The third kappa shape index (κ3) is 8.15. The summed E-state index contributed by atoms with van der Waals surface area (Å²) in [6.07, 6.45) is 2.58. The Balaban J connectivity index is 0.00000392. The third-order valence-electron chi connectivity index (χ3n) is 5.13. The molecule has 0 aromatic heterocycles. The summed E-state index contributed by atoms with van der Waals surface area (Å²) in [6.45, 7) is 14.4. The molecule has 1 aliphatic heterocycles. The molecule has 1 N–H and O–H groups in total. The number of nitrogens with one attached hydrogen (secondary N) is 1. The number of hydrogen-bond acceptors (Lipinski definition) is 3. The highest BCUT2D eigenvalue weighted by Crippen LogP contribution is 2.19. The van der Waals surface area contributed by atoms with Crippen LogP contribution in [0.25, 0.3) is 0 Å². The standard InChI is InChI=1S/C22H38N4O.HI/c1-6-23-22(24-15-20-9-8-14-26(17-20)18(3)4)25(5)16-19-10-12-21(13-11-19)27-7-2;/h10-13,18,20H,6-9,14-17H2,1-5H3,(H,23,24);1H. The lowest BCUT2D eigenvalue weighted by molar-refractivity contribution is 0.143. The zero-order chi connectivity index (χ0) is 19.6. The molecule has 28 heavy (non-hydrogen) atoms. The summed E-state index contributed by atoms with van der Waals surface area (Å²) in [4.78, 5) is 9.75. The monoisotopic (exact) mass is 502 g/mol. The Bertz CT molecular complexity index is 576. The molecule has 0 bridgehead atoms. The summed E-state index contributed by atoms with van der Waals surface area (Å²) in [5.74, 6) is 2.58. The maximum absolute atomic E-state index is 5.53. The molecule has 1 fully saturated rings. The van der Waals surface area contributed by atoms with Gasteiger partial charge in [0, 0.05) is 39.3 Å². The van der Waals surface area contributed by atoms with Gasteiger partial charge in [0.25, 0.3) is 0 Å². The number of guanidine groups is 1. The van der Waals surface area contributed by atoms with Crippen LogP contribution in [0.1, 0.15) is 46.1 Å². The summed E-state index contributed by atoms with van der Waals surface area (Å²) >= 11 is 0. The fourth-order valence-corrected chi connectivity index (χ4v) is 3.61. The Morgan fingerprint density at radius 1 is 1.29 bits per heavy atom. The second-order valence-corrected chi connectivity index (χ2v) is 7.72. The molecule has 1 heterocycles. The van der Waals surface area contributed by atoms with Crippen molar-refractivity contribution < 1.29 is 4.74 Å². The van der Waals surface area contributed by atoms with Gasteiger partial charge in [-0.2, -0.15) is 0 Å². The van der Waals surface area contributed by atoms with E-state index in [0.29, 0.717) is 18.6 Å². The molecule has 0 aliphatic carbocycles. The van der Waals surface area contributed by atoms with E-state index in [1.165, 1.54) is 31.5 Å². The van der Waals surface area contributed by atoms with Crippen molar-refractivity contribution in [3.05, 3.63) is 29.8 Å². The molecule has 0 saturated carbocycles. The first-order valence-corrected chi connectivity index (χ1v) is 10.5. The minimum absolute atomic E-state index is 0. The number of rotatable bonds is 8. The van der Waals surface area contributed by atoms with Gasteiger partial charge < -0.3 is 19.9 Å². The Morgan fingerprint density at radius 2 is 2.00 bits per heavy atom. The molecule has 160 valence electrons. The van der Waals surface area contributed by atoms with Crippen molar-refractivity contribution in [3.63, 3.8) is 0 Å². The molecule has 5 nitrogen and oxygen atoms in total. The minimum Gasteiger partial charge on any atom is -0.494 e. The zero-order valence-electron chi connectivity index (χ0n) is 18.3. The molecule has 6 heteroatoms. The average Bonchev–Trinajstić information content (AvgIpc) is 2.67. The Hall–Kier alpha value is -1.02. The van der Waals surface area contributed by atoms with Crippen molar-refractivity contribution in [2.45, 2.75) is 53.1 Å². The lowest BCUT2D eigenvalue weighted by atomic mass is 9.97. The first-order valence-electron chi connectivity index (χ1n) is 10.5. The van der Waals surface area contributed by atoms with Crippen LogP contribution >= 0.6 is 24.0 Å². The zero-order valence-corrected chi connectivity index (χ0v) is 20.6. The van der Waals surface area contributed by atoms with E-state index in [1.807, 2.05) is 19.1 Å². The quantitative estimate of drug-likeness (QED) is 0.328. The number of likely N-dealkylation sites (tertiary alicyclic amines) is 1. The van der Waals surface area contributed by atoms with Crippen LogP contribution in [0, 0.1) is 5.92 Å². The molecule has 1 aromatic rings. The minimum atomic E-state index is 0. The second kappa shape index (κ2) is 13.2. The van der Waals surface area contributed by atoms with Gasteiger partial charge in [-0.25, -0.2) is 0 Å². The molecular weight excluding hydrogens is 463 g/mol. The second-order valence-electron chi connectivity index (χ2n) is 7.72. The number of benzene rings is 1. The maximum Gasteiger partial charge on any atom is 0.193 e. The van der Waals surface area contributed by atoms with Crippen LogP contribution in [0.3, 0.4) is 0 Å². The van der Waals surface area contributed by atoms with Crippen LogP contribution in [0.15, 0.2) is 29.3 Å². The number of piperidine rings is 1. The topological polar surface area (TPSA) is 40.1 Å². The normalized spacial score (nSPS) is 17.9. The van der Waals surface area contributed by atoms with E-state index >= 15 is 0 Å². The predicted molar refractivity (Wildman–Crippen MR) is 130 cm³/mol. The number of aliphatic imine (C=N–C) groups is 1. The van der Waals surface area contributed by atoms with Gasteiger partial charge >= 0.3 is 0 Å². The van der Waals surface area contributed by atoms with Crippen molar-refractivity contribution >= 4 is 29.9 Å². The Labute approximate surface area is 188 Å². The van der Waals surface area contributed by atoms with Crippen LogP contribution in [0.5, 0.6) is 5.75 Å². The van der Waals surface area contributed by atoms with Crippen molar-refractivity contribution in [1.82, 2.24) is 15.1 Å². The van der Waals surface area contributed by atoms with Gasteiger partial charge in [-0.15, -0.1) is 24.0 Å². The first-order chi connectivity index (χ1) is 13.0. The van der Waals surface area contributed by atoms with Gasteiger partial charge in [0.2, 0.25) is 0 Å². The fourth-order valence-electron chi connectivity index (χ4n) is 3.61. The number of halogens is 1. The molecule has 0 amide bonds. The summed E-state index contributed by atoms with van der Waals surface area (Å²) in [7, 11) is 2.11. The van der Waals surface area contributed by atoms with Crippen LogP contribution in [0.2, 0.25) is 0 Å². The van der Waals surface area contributed by atoms with Gasteiger partial charge in [-0.05, 0) is 70.7 Å². The van der Waals surface area contributed by atoms with Crippen molar-refractivity contribution in [3.8, 4) is 5.75 Å². The molecule has 1 unspecified atom stereocenters.